The van der Waals surface area contributed by atoms with Crippen molar-refractivity contribution in [3.8, 4) is 11.4 Å². The van der Waals surface area contributed by atoms with Gasteiger partial charge in [-0.25, -0.2) is 0 Å². The second-order valence-electron chi connectivity index (χ2n) is 3.46. The summed E-state index contributed by atoms with van der Waals surface area (Å²) in [4.78, 5) is 0. The first-order valence-electron chi connectivity index (χ1n) is 4.90. The van der Waals surface area contributed by atoms with E-state index in [1.807, 2.05) is 53.1 Å². The standard InChI is InChI=1S/C12H8BrN3/c13-10-5-3-4-9(8-10)12-15-14-11-6-1-2-7-16(11)12/h1-8H. The van der Waals surface area contributed by atoms with Gasteiger partial charge in [0.1, 0.15) is 0 Å². The summed E-state index contributed by atoms with van der Waals surface area (Å²) in [5.74, 6) is 0.858. The third kappa shape index (κ3) is 1.51. The molecule has 0 aliphatic heterocycles. The number of fused-ring (bicyclic) bond motifs is 1. The quantitative estimate of drug-likeness (QED) is 0.682. The van der Waals surface area contributed by atoms with Gasteiger partial charge in [-0.05, 0) is 24.3 Å². The molecular weight excluding hydrogens is 266 g/mol. The van der Waals surface area contributed by atoms with Gasteiger partial charge in [0.05, 0.1) is 0 Å². The molecule has 16 heavy (non-hydrogen) atoms. The first kappa shape index (κ1) is 9.54. The highest BCUT2D eigenvalue weighted by atomic mass is 79.9. The van der Waals surface area contributed by atoms with Crippen LogP contribution in [0.1, 0.15) is 0 Å². The zero-order valence-electron chi connectivity index (χ0n) is 8.34. The Morgan fingerprint density at radius 3 is 2.81 bits per heavy atom. The molecule has 78 valence electrons. The lowest BCUT2D eigenvalue weighted by atomic mass is 10.2. The molecule has 2 aromatic heterocycles. The molecule has 0 fully saturated rings. The molecule has 0 aliphatic rings. The lowest BCUT2D eigenvalue weighted by Gasteiger charge is -1.99. The van der Waals surface area contributed by atoms with E-state index in [-0.39, 0.29) is 0 Å². The van der Waals surface area contributed by atoms with Crippen LogP contribution in [0.3, 0.4) is 0 Å². The van der Waals surface area contributed by atoms with E-state index in [0.717, 1.165) is 21.5 Å². The van der Waals surface area contributed by atoms with E-state index in [1.54, 1.807) is 0 Å². The fourth-order valence-corrected chi connectivity index (χ4v) is 2.07. The molecule has 0 saturated carbocycles. The van der Waals surface area contributed by atoms with Crippen molar-refractivity contribution in [2.75, 3.05) is 0 Å². The van der Waals surface area contributed by atoms with Gasteiger partial charge in [0.25, 0.3) is 0 Å². The summed E-state index contributed by atoms with van der Waals surface area (Å²) in [7, 11) is 0. The summed E-state index contributed by atoms with van der Waals surface area (Å²) in [5.41, 5.74) is 1.91. The predicted octanol–water partition coefficient (Wildman–Crippen LogP) is 3.16. The maximum atomic E-state index is 4.20. The number of hydrogen-bond acceptors (Lipinski definition) is 2. The minimum Gasteiger partial charge on any atom is -0.282 e. The highest BCUT2D eigenvalue weighted by molar-refractivity contribution is 9.10. The molecule has 3 rings (SSSR count). The van der Waals surface area contributed by atoms with Gasteiger partial charge < -0.3 is 0 Å². The van der Waals surface area contributed by atoms with Crippen LogP contribution < -0.4 is 0 Å². The topological polar surface area (TPSA) is 30.2 Å². The molecule has 1 aromatic carbocycles. The summed E-state index contributed by atoms with van der Waals surface area (Å²) >= 11 is 3.45. The zero-order valence-corrected chi connectivity index (χ0v) is 9.92. The number of halogens is 1. The molecule has 0 aliphatic carbocycles. The Morgan fingerprint density at radius 1 is 1.00 bits per heavy atom. The van der Waals surface area contributed by atoms with Gasteiger partial charge in [-0.3, -0.25) is 4.40 Å². The van der Waals surface area contributed by atoms with Crippen LogP contribution in [-0.2, 0) is 0 Å². The van der Waals surface area contributed by atoms with Crippen molar-refractivity contribution in [2.24, 2.45) is 0 Å². The molecule has 0 atom stereocenters. The molecule has 0 unspecified atom stereocenters. The van der Waals surface area contributed by atoms with Gasteiger partial charge in [-0.2, -0.15) is 0 Å². The molecule has 3 aromatic rings. The summed E-state index contributed by atoms with van der Waals surface area (Å²) in [5, 5.41) is 8.32. The van der Waals surface area contributed by atoms with E-state index in [0.29, 0.717) is 0 Å². The van der Waals surface area contributed by atoms with Crippen molar-refractivity contribution in [2.45, 2.75) is 0 Å². The Kier molecular flexibility index (Phi) is 2.22. The smallest absolute Gasteiger partial charge is 0.168 e. The molecule has 2 heterocycles. The highest BCUT2D eigenvalue weighted by Crippen LogP contribution is 2.21. The minimum absolute atomic E-state index is 0.858. The lowest BCUT2D eigenvalue weighted by molar-refractivity contribution is 1.11. The van der Waals surface area contributed by atoms with E-state index in [1.165, 1.54) is 0 Å². The third-order valence-corrected chi connectivity index (χ3v) is 2.89. The first-order chi connectivity index (χ1) is 7.84. The largest absolute Gasteiger partial charge is 0.282 e. The average molecular weight is 274 g/mol. The van der Waals surface area contributed by atoms with Crippen molar-refractivity contribution in [1.82, 2.24) is 14.6 Å². The molecule has 0 N–H and O–H groups in total. The van der Waals surface area contributed by atoms with E-state index < -0.39 is 0 Å². The van der Waals surface area contributed by atoms with Crippen molar-refractivity contribution in [3.05, 3.63) is 53.1 Å². The zero-order chi connectivity index (χ0) is 11.0. The first-order valence-corrected chi connectivity index (χ1v) is 5.69. The maximum Gasteiger partial charge on any atom is 0.168 e. The van der Waals surface area contributed by atoms with Gasteiger partial charge in [0, 0.05) is 16.2 Å². The van der Waals surface area contributed by atoms with E-state index in [2.05, 4.69) is 26.1 Å². The molecule has 0 spiro atoms. The molecular formula is C12H8BrN3. The monoisotopic (exact) mass is 273 g/mol. The van der Waals surface area contributed by atoms with Crippen LogP contribution in [0, 0.1) is 0 Å². The van der Waals surface area contributed by atoms with Crippen molar-refractivity contribution >= 4 is 21.6 Å². The molecule has 0 amide bonds. The van der Waals surface area contributed by atoms with Crippen LogP contribution >= 0.6 is 15.9 Å². The Labute approximate surface area is 101 Å². The molecule has 0 bridgehead atoms. The van der Waals surface area contributed by atoms with Crippen LogP contribution in [0.5, 0.6) is 0 Å². The number of rotatable bonds is 1. The van der Waals surface area contributed by atoms with Gasteiger partial charge in [-0.15, -0.1) is 10.2 Å². The van der Waals surface area contributed by atoms with Gasteiger partial charge >= 0.3 is 0 Å². The summed E-state index contributed by atoms with van der Waals surface area (Å²) in [6.45, 7) is 0. The second kappa shape index (κ2) is 3.72. The van der Waals surface area contributed by atoms with Gasteiger partial charge in [0.15, 0.2) is 11.5 Å². The molecule has 3 nitrogen and oxygen atoms in total. The number of nitrogens with zero attached hydrogens (tertiary/aromatic N) is 3. The maximum absolute atomic E-state index is 4.20. The van der Waals surface area contributed by atoms with Gasteiger partial charge in [0.2, 0.25) is 0 Å². The fraction of sp³-hybridized carbons (Fsp3) is 0. The van der Waals surface area contributed by atoms with E-state index >= 15 is 0 Å². The summed E-state index contributed by atoms with van der Waals surface area (Å²) in [6, 6.07) is 13.9. The lowest BCUT2D eigenvalue weighted by Crippen LogP contribution is -1.88. The molecule has 0 radical (unpaired) electrons. The average Bonchev–Trinajstić information content (AvgIpc) is 2.72. The summed E-state index contributed by atoms with van der Waals surface area (Å²) in [6.07, 6.45) is 1.96. The number of pyridine rings is 1. The SMILES string of the molecule is Brc1cccc(-c2nnc3ccccn23)c1. The van der Waals surface area contributed by atoms with Crippen LogP contribution in [0.4, 0.5) is 0 Å². The molecule has 4 heteroatoms. The third-order valence-electron chi connectivity index (χ3n) is 2.40. The van der Waals surface area contributed by atoms with Crippen molar-refractivity contribution < 1.29 is 0 Å². The highest BCUT2D eigenvalue weighted by Gasteiger charge is 2.06. The number of aromatic nitrogens is 3. The van der Waals surface area contributed by atoms with Gasteiger partial charge in [-0.1, -0.05) is 34.1 Å². The Balaban J connectivity index is 2.26. The van der Waals surface area contributed by atoms with Crippen LogP contribution in [0.2, 0.25) is 0 Å². The van der Waals surface area contributed by atoms with Crippen LogP contribution in [0.25, 0.3) is 17.0 Å². The molecule has 0 saturated heterocycles. The Hall–Kier alpha value is -1.68. The predicted molar refractivity (Wildman–Crippen MR) is 66.1 cm³/mol. The minimum atomic E-state index is 0.858. The van der Waals surface area contributed by atoms with Crippen LogP contribution in [0.15, 0.2) is 53.1 Å². The fourth-order valence-electron chi connectivity index (χ4n) is 1.67. The van der Waals surface area contributed by atoms with E-state index in [9.17, 15) is 0 Å². The van der Waals surface area contributed by atoms with Crippen molar-refractivity contribution in [3.63, 3.8) is 0 Å². The van der Waals surface area contributed by atoms with Crippen molar-refractivity contribution in [1.29, 1.82) is 0 Å². The number of benzene rings is 1. The number of hydrogen-bond donors (Lipinski definition) is 0. The second-order valence-corrected chi connectivity index (χ2v) is 4.38. The van der Waals surface area contributed by atoms with E-state index in [4.69, 9.17) is 0 Å². The normalized spacial score (nSPS) is 10.8. The summed E-state index contributed by atoms with van der Waals surface area (Å²) < 4.78 is 3.01. The van der Waals surface area contributed by atoms with Crippen LogP contribution in [-0.4, -0.2) is 14.6 Å². The Morgan fingerprint density at radius 2 is 1.94 bits per heavy atom. The Bertz CT molecular complexity index is 645.